The molecular weight excluding hydrogens is 228 g/mol. The predicted molar refractivity (Wildman–Crippen MR) is 70.9 cm³/mol. The van der Waals surface area contributed by atoms with Crippen molar-refractivity contribution in [3.8, 4) is 5.75 Å². The number of hydrogen-bond acceptors (Lipinski definition) is 3. The fourth-order valence-corrected chi connectivity index (χ4v) is 2.30. The van der Waals surface area contributed by atoms with Gasteiger partial charge in [-0.15, -0.1) is 0 Å². The Hall–Kier alpha value is -1.06. The summed E-state index contributed by atoms with van der Waals surface area (Å²) in [6.45, 7) is 5.06. The van der Waals surface area contributed by atoms with E-state index in [0.29, 0.717) is 12.5 Å². The van der Waals surface area contributed by atoms with Crippen LogP contribution in [0, 0.1) is 5.92 Å². The van der Waals surface area contributed by atoms with Crippen LogP contribution >= 0.6 is 0 Å². The molecule has 0 fully saturated rings. The van der Waals surface area contributed by atoms with Crippen LogP contribution in [-0.2, 0) is 11.2 Å². The fraction of sp³-hybridized carbons (Fsp3) is 0.600. The Morgan fingerprint density at radius 1 is 1.39 bits per heavy atom. The Kier molecular flexibility index (Phi) is 4.25. The lowest BCUT2D eigenvalue weighted by Gasteiger charge is -2.17. The summed E-state index contributed by atoms with van der Waals surface area (Å²) >= 11 is 0. The first kappa shape index (κ1) is 13.4. The topological polar surface area (TPSA) is 38.7 Å². The van der Waals surface area contributed by atoms with Crippen molar-refractivity contribution in [3.05, 3.63) is 29.3 Å². The van der Waals surface area contributed by atoms with Gasteiger partial charge in [0.05, 0.1) is 13.2 Å². The van der Waals surface area contributed by atoms with E-state index in [1.807, 2.05) is 18.2 Å². The number of rotatable bonds is 5. The summed E-state index contributed by atoms with van der Waals surface area (Å²) in [4.78, 5) is 0. The second-order valence-electron chi connectivity index (χ2n) is 5.31. The minimum Gasteiger partial charge on any atom is -0.497 e. The molecule has 1 aliphatic rings. The normalized spacial score (nSPS) is 22.3. The minimum atomic E-state index is -0.526. The van der Waals surface area contributed by atoms with Crippen LogP contribution in [0.25, 0.3) is 0 Å². The molecule has 3 heteroatoms. The second kappa shape index (κ2) is 5.72. The van der Waals surface area contributed by atoms with Crippen molar-refractivity contribution in [2.75, 3.05) is 13.7 Å². The van der Waals surface area contributed by atoms with Crippen LogP contribution in [0.15, 0.2) is 18.2 Å². The maximum Gasteiger partial charge on any atom is 0.119 e. The van der Waals surface area contributed by atoms with Crippen LogP contribution in [0.1, 0.15) is 37.5 Å². The third-order valence-electron chi connectivity index (χ3n) is 3.47. The summed E-state index contributed by atoms with van der Waals surface area (Å²) in [7, 11) is 1.64. The summed E-state index contributed by atoms with van der Waals surface area (Å²) in [5.74, 6) is 1.42. The van der Waals surface area contributed by atoms with Crippen LogP contribution in [0.4, 0.5) is 0 Å². The Morgan fingerprint density at radius 2 is 2.17 bits per heavy atom. The Labute approximate surface area is 109 Å². The van der Waals surface area contributed by atoms with Gasteiger partial charge in [0.25, 0.3) is 0 Å². The van der Waals surface area contributed by atoms with Crippen LogP contribution < -0.4 is 4.74 Å². The second-order valence-corrected chi connectivity index (χ2v) is 5.31. The molecule has 0 aromatic heterocycles. The van der Waals surface area contributed by atoms with Gasteiger partial charge in [0, 0.05) is 13.0 Å². The average Bonchev–Trinajstić information content (AvgIpc) is 2.66. The molecule has 0 aliphatic heterocycles. The highest BCUT2D eigenvalue weighted by Gasteiger charge is 2.31. The van der Waals surface area contributed by atoms with Gasteiger partial charge in [-0.05, 0) is 35.6 Å². The van der Waals surface area contributed by atoms with Crippen molar-refractivity contribution in [1.29, 1.82) is 0 Å². The number of methoxy groups -OCH3 is 1. The molecule has 1 aromatic rings. The molecule has 0 heterocycles. The summed E-state index contributed by atoms with van der Waals surface area (Å²) in [6.07, 6.45) is 1.19. The third kappa shape index (κ3) is 2.85. The smallest absolute Gasteiger partial charge is 0.119 e. The number of benzene rings is 1. The van der Waals surface area contributed by atoms with Crippen molar-refractivity contribution < 1.29 is 14.6 Å². The van der Waals surface area contributed by atoms with Gasteiger partial charge in [0.2, 0.25) is 0 Å². The Morgan fingerprint density at radius 3 is 2.83 bits per heavy atom. The molecule has 100 valence electrons. The number of fused-ring (bicyclic) bond motifs is 1. The lowest BCUT2D eigenvalue weighted by atomic mass is 10.1. The number of aliphatic hydroxyl groups is 1. The zero-order chi connectivity index (χ0) is 13.1. The van der Waals surface area contributed by atoms with Crippen molar-refractivity contribution >= 4 is 0 Å². The molecule has 0 spiro atoms. The molecule has 0 bridgehead atoms. The van der Waals surface area contributed by atoms with E-state index in [2.05, 4.69) is 13.8 Å². The molecule has 0 saturated carbocycles. The highest BCUT2D eigenvalue weighted by molar-refractivity contribution is 5.41. The zero-order valence-corrected chi connectivity index (χ0v) is 11.3. The van der Waals surface area contributed by atoms with E-state index in [4.69, 9.17) is 9.47 Å². The van der Waals surface area contributed by atoms with Gasteiger partial charge in [-0.3, -0.25) is 0 Å². The largest absolute Gasteiger partial charge is 0.497 e. The molecule has 0 radical (unpaired) electrons. The maximum absolute atomic E-state index is 10.2. The molecule has 2 atom stereocenters. The molecule has 1 aromatic carbocycles. The molecule has 0 amide bonds. The molecular formula is C15H22O3. The monoisotopic (exact) mass is 250 g/mol. The van der Waals surface area contributed by atoms with Gasteiger partial charge >= 0.3 is 0 Å². The molecule has 1 aliphatic carbocycles. The van der Waals surface area contributed by atoms with Gasteiger partial charge in [0.1, 0.15) is 11.9 Å². The molecule has 3 nitrogen and oxygen atoms in total. The molecule has 2 unspecified atom stereocenters. The van der Waals surface area contributed by atoms with Gasteiger partial charge < -0.3 is 14.6 Å². The number of aliphatic hydroxyl groups excluding tert-OH is 1. The summed E-state index contributed by atoms with van der Waals surface area (Å²) in [6, 6.07) is 5.86. The first-order valence-electron chi connectivity index (χ1n) is 6.58. The van der Waals surface area contributed by atoms with Crippen molar-refractivity contribution in [1.82, 2.24) is 0 Å². The van der Waals surface area contributed by atoms with Gasteiger partial charge in [0.15, 0.2) is 0 Å². The van der Waals surface area contributed by atoms with E-state index in [0.717, 1.165) is 29.7 Å². The molecule has 0 saturated heterocycles. The summed E-state index contributed by atoms with van der Waals surface area (Å²) in [5, 5.41) is 10.2. The van der Waals surface area contributed by atoms with Crippen LogP contribution in [-0.4, -0.2) is 24.9 Å². The van der Waals surface area contributed by atoms with E-state index in [1.165, 1.54) is 0 Å². The van der Waals surface area contributed by atoms with Crippen LogP contribution in [0.3, 0.4) is 0 Å². The van der Waals surface area contributed by atoms with E-state index in [1.54, 1.807) is 7.11 Å². The lowest BCUT2D eigenvalue weighted by molar-refractivity contribution is -0.0309. The highest BCUT2D eigenvalue weighted by atomic mass is 16.5. The first-order chi connectivity index (χ1) is 8.61. The number of ether oxygens (including phenoxy) is 2. The van der Waals surface area contributed by atoms with E-state index >= 15 is 0 Å². The maximum atomic E-state index is 10.2. The molecule has 18 heavy (non-hydrogen) atoms. The van der Waals surface area contributed by atoms with E-state index in [-0.39, 0.29) is 6.10 Å². The lowest BCUT2D eigenvalue weighted by Crippen LogP contribution is -2.19. The van der Waals surface area contributed by atoms with Crippen molar-refractivity contribution in [2.45, 2.75) is 38.9 Å². The first-order valence-corrected chi connectivity index (χ1v) is 6.58. The standard InChI is InChI=1S/C15H22O3/c1-10(2)6-7-18-14-8-11-4-5-12(17-3)9-13(11)15(14)16/h4-5,9-10,14-16H,6-8H2,1-3H3. The predicted octanol–water partition coefficient (Wildman–Crippen LogP) is 2.72. The quantitative estimate of drug-likeness (QED) is 0.873. The molecule has 2 rings (SSSR count). The summed E-state index contributed by atoms with van der Waals surface area (Å²) < 4.78 is 11.0. The minimum absolute atomic E-state index is 0.106. The third-order valence-corrected chi connectivity index (χ3v) is 3.47. The van der Waals surface area contributed by atoms with Crippen LogP contribution in [0.2, 0.25) is 0 Å². The average molecular weight is 250 g/mol. The SMILES string of the molecule is COc1ccc2c(c1)C(O)C(OCCC(C)C)C2. The molecule has 1 N–H and O–H groups in total. The number of hydrogen-bond donors (Lipinski definition) is 1. The van der Waals surface area contributed by atoms with E-state index in [9.17, 15) is 5.11 Å². The van der Waals surface area contributed by atoms with Crippen molar-refractivity contribution in [2.24, 2.45) is 5.92 Å². The Balaban J connectivity index is 1.99. The van der Waals surface area contributed by atoms with E-state index < -0.39 is 6.10 Å². The van der Waals surface area contributed by atoms with Gasteiger partial charge in [-0.25, -0.2) is 0 Å². The van der Waals surface area contributed by atoms with Gasteiger partial charge in [-0.1, -0.05) is 19.9 Å². The van der Waals surface area contributed by atoms with Crippen LogP contribution in [0.5, 0.6) is 5.75 Å². The fourth-order valence-electron chi connectivity index (χ4n) is 2.30. The summed E-state index contributed by atoms with van der Waals surface area (Å²) in [5.41, 5.74) is 2.11. The highest BCUT2D eigenvalue weighted by Crippen LogP contribution is 2.35. The van der Waals surface area contributed by atoms with Gasteiger partial charge in [-0.2, -0.15) is 0 Å². The van der Waals surface area contributed by atoms with Crippen molar-refractivity contribution in [3.63, 3.8) is 0 Å². The Bertz CT molecular complexity index is 401. The zero-order valence-electron chi connectivity index (χ0n) is 11.3.